The fourth-order valence-corrected chi connectivity index (χ4v) is 4.11. The highest BCUT2D eigenvalue weighted by Gasteiger charge is 2.31. The lowest BCUT2D eigenvalue weighted by molar-refractivity contribution is 0.478. The van der Waals surface area contributed by atoms with Crippen LogP contribution in [0.3, 0.4) is 0 Å². The number of nitrogen functional groups attached to an aromatic ring is 1. The van der Waals surface area contributed by atoms with Crippen LogP contribution in [0, 0.1) is 0 Å². The Kier molecular flexibility index (Phi) is 3.16. The summed E-state index contributed by atoms with van der Waals surface area (Å²) in [7, 11) is -2.88. The van der Waals surface area contributed by atoms with Crippen LogP contribution in [0.5, 0.6) is 0 Å². The van der Waals surface area contributed by atoms with Gasteiger partial charge in [-0.2, -0.15) is 5.10 Å². The first-order valence-electron chi connectivity index (χ1n) is 6.04. The number of anilines is 1. The van der Waals surface area contributed by atoms with Crippen molar-refractivity contribution in [2.45, 2.75) is 39.2 Å². The molecule has 1 atom stereocenters. The molecule has 1 saturated heterocycles. The van der Waals surface area contributed by atoms with Crippen LogP contribution in [0.4, 0.5) is 5.69 Å². The molecule has 96 valence electrons. The fraction of sp³-hybridized carbons (Fsp3) is 0.727. The van der Waals surface area contributed by atoms with Crippen molar-refractivity contribution >= 4 is 15.5 Å². The molecule has 6 heteroatoms. The van der Waals surface area contributed by atoms with E-state index in [2.05, 4.69) is 5.10 Å². The first-order chi connectivity index (χ1) is 7.98. The van der Waals surface area contributed by atoms with E-state index < -0.39 is 9.84 Å². The summed E-state index contributed by atoms with van der Waals surface area (Å²) >= 11 is 0. The Bertz CT molecular complexity index is 519. The van der Waals surface area contributed by atoms with E-state index in [1.54, 1.807) is 0 Å². The minimum atomic E-state index is -2.88. The lowest BCUT2D eigenvalue weighted by Gasteiger charge is -2.12. The van der Waals surface area contributed by atoms with E-state index in [1.807, 2.05) is 18.5 Å². The molecule has 1 aromatic rings. The number of aromatic nitrogens is 2. The number of aryl methyl sites for hydroxylation is 1. The summed E-state index contributed by atoms with van der Waals surface area (Å²) in [6.07, 6.45) is 2.22. The Morgan fingerprint density at radius 2 is 2.12 bits per heavy atom. The number of rotatable bonds is 3. The summed E-state index contributed by atoms with van der Waals surface area (Å²) in [5.41, 5.74) is 8.62. The van der Waals surface area contributed by atoms with Gasteiger partial charge in [-0.05, 0) is 19.3 Å². The van der Waals surface area contributed by atoms with Crippen LogP contribution in [-0.4, -0.2) is 29.7 Å². The van der Waals surface area contributed by atoms with Crippen molar-refractivity contribution in [2.24, 2.45) is 0 Å². The summed E-state index contributed by atoms with van der Waals surface area (Å²) in [4.78, 5) is 0. The van der Waals surface area contributed by atoms with E-state index in [0.29, 0.717) is 6.42 Å². The SMILES string of the molecule is CCc1nn(C2CCS(=O)(=O)C2)c(CC)c1N. The Hall–Kier alpha value is -1.04. The minimum absolute atomic E-state index is 0.0300. The Morgan fingerprint density at radius 3 is 2.59 bits per heavy atom. The normalized spacial score (nSPS) is 23.1. The fourth-order valence-electron chi connectivity index (χ4n) is 2.42. The first-order valence-corrected chi connectivity index (χ1v) is 7.86. The van der Waals surface area contributed by atoms with Gasteiger partial charge in [0.15, 0.2) is 9.84 Å². The molecule has 0 radical (unpaired) electrons. The molecule has 1 aliphatic rings. The molecule has 0 saturated carbocycles. The maximum Gasteiger partial charge on any atom is 0.152 e. The standard InChI is InChI=1S/C11H19N3O2S/c1-3-9-11(12)10(4-2)14(13-9)8-5-6-17(15,16)7-8/h8H,3-7,12H2,1-2H3. The van der Waals surface area contributed by atoms with Crippen LogP contribution < -0.4 is 5.73 Å². The molecule has 0 spiro atoms. The Labute approximate surface area is 102 Å². The predicted octanol–water partition coefficient (Wildman–Crippen LogP) is 0.950. The van der Waals surface area contributed by atoms with Crippen LogP contribution in [0.1, 0.15) is 37.7 Å². The molecule has 1 unspecified atom stereocenters. The van der Waals surface area contributed by atoms with Crippen LogP contribution in [0.15, 0.2) is 0 Å². The topological polar surface area (TPSA) is 78.0 Å². The van der Waals surface area contributed by atoms with Gasteiger partial charge in [-0.3, -0.25) is 4.68 Å². The molecular formula is C11H19N3O2S. The van der Waals surface area contributed by atoms with Crippen molar-refractivity contribution < 1.29 is 8.42 Å². The summed E-state index contributed by atoms with van der Waals surface area (Å²) in [6, 6.07) is -0.0300. The van der Waals surface area contributed by atoms with Gasteiger partial charge in [0.2, 0.25) is 0 Å². The van der Waals surface area contributed by atoms with Gasteiger partial charge in [-0.15, -0.1) is 0 Å². The minimum Gasteiger partial charge on any atom is -0.396 e. The van der Waals surface area contributed by atoms with E-state index in [0.717, 1.165) is 29.9 Å². The van der Waals surface area contributed by atoms with Gasteiger partial charge in [0, 0.05) is 0 Å². The zero-order valence-corrected chi connectivity index (χ0v) is 11.1. The third-order valence-corrected chi connectivity index (χ3v) is 5.10. The van der Waals surface area contributed by atoms with Gasteiger partial charge < -0.3 is 5.73 Å². The second-order valence-corrected chi connectivity index (χ2v) is 6.74. The molecular weight excluding hydrogens is 238 g/mol. The monoisotopic (exact) mass is 257 g/mol. The molecule has 1 aromatic heterocycles. The van der Waals surface area contributed by atoms with Crippen LogP contribution in [-0.2, 0) is 22.7 Å². The zero-order chi connectivity index (χ0) is 12.6. The van der Waals surface area contributed by atoms with Crippen molar-refractivity contribution in [3.05, 3.63) is 11.4 Å². The highest BCUT2D eigenvalue weighted by Crippen LogP contribution is 2.28. The zero-order valence-electron chi connectivity index (χ0n) is 10.3. The molecule has 1 fully saturated rings. The molecule has 0 amide bonds. The first kappa shape index (κ1) is 12.4. The lowest BCUT2D eigenvalue weighted by Crippen LogP contribution is -2.15. The van der Waals surface area contributed by atoms with Gasteiger partial charge in [0.05, 0.1) is 34.6 Å². The molecule has 2 heterocycles. The maximum absolute atomic E-state index is 11.5. The van der Waals surface area contributed by atoms with E-state index in [1.165, 1.54) is 0 Å². The lowest BCUT2D eigenvalue weighted by atomic mass is 10.2. The smallest absolute Gasteiger partial charge is 0.152 e. The maximum atomic E-state index is 11.5. The number of hydrogen-bond acceptors (Lipinski definition) is 4. The third-order valence-electron chi connectivity index (χ3n) is 3.35. The molecule has 0 aliphatic carbocycles. The second kappa shape index (κ2) is 4.33. The highest BCUT2D eigenvalue weighted by molar-refractivity contribution is 7.91. The molecule has 0 bridgehead atoms. The van der Waals surface area contributed by atoms with Crippen LogP contribution in [0.2, 0.25) is 0 Å². The van der Waals surface area contributed by atoms with Crippen molar-refractivity contribution in [2.75, 3.05) is 17.2 Å². The van der Waals surface area contributed by atoms with Gasteiger partial charge in [-0.1, -0.05) is 13.8 Å². The number of nitrogens with two attached hydrogens (primary N) is 1. The summed E-state index contributed by atoms with van der Waals surface area (Å²) in [5, 5.41) is 4.47. The number of hydrogen-bond donors (Lipinski definition) is 1. The van der Waals surface area contributed by atoms with Crippen molar-refractivity contribution in [1.29, 1.82) is 0 Å². The average Bonchev–Trinajstić information content (AvgIpc) is 2.78. The van der Waals surface area contributed by atoms with E-state index in [9.17, 15) is 8.42 Å². The average molecular weight is 257 g/mol. The molecule has 0 aromatic carbocycles. The molecule has 17 heavy (non-hydrogen) atoms. The molecule has 1 aliphatic heterocycles. The molecule has 5 nitrogen and oxygen atoms in total. The number of nitrogens with zero attached hydrogens (tertiary/aromatic N) is 2. The van der Waals surface area contributed by atoms with E-state index in [-0.39, 0.29) is 17.5 Å². The summed E-state index contributed by atoms with van der Waals surface area (Å²) in [6.45, 7) is 4.03. The highest BCUT2D eigenvalue weighted by atomic mass is 32.2. The van der Waals surface area contributed by atoms with Crippen molar-refractivity contribution in [1.82, 2.24) is 9.78 Å². The Morgan fingerprint density at radius 1 is 1.41 bits per heavy atom. The molecule has 2 N–H and O–H groups in total. The van der Waals surface area contributed by atoms with E-state index >= 15 is 0 Å². The van der Waals surface area contributed by atoms with Gasteiger partial charge >= 0.3 is 0 Å². The summed E-state index contributed by atoms with van der Waals surface area (Å²) in [5.74, 6) is 0.465. The van der Waals surface area contributed by atoms with Gasteiger partial charge in [0.1, 0.15) is 0 Å². The molecule has 2 rings (SSSR count). The van der Waals surface area contributed by atoms with Crippen molar-refractivity contribution in [3.8, 4) is 0 Å². The van der Waals surface area contributed by atoms with Gasteiger partial charge in [0.25, 0.3) is 0 Å². The van der Waals surface area contributed by atoms with E-state index in [4.69, 9.17) is 5.73 Å². The third kappa shape index (κ3) is 2.18. The van der Waals surface area contributed by atoms with Crippen LogP contribution in [0.25, 0.3) is 0 Å². The van der Waals surface area contributed by atoms with Gasteiger partial charge in [-0.25, -0.2) is 8.42 Å². The number of sulfone groups is 1. The second-order valence-electron chi connectivity index (χ2n) is 4.52. The largest absolute Gasteiger partial charge is 0.396 e. The predicted molar refractivity (Wildman–Crippen MR) is 67.7 cm³/mol. The van der Waals surface area contributed by atoms with Crippen molar-refractivity contribution in [3.63, 3.8) is 0 Å². The summed E-state index contributed by atoms with van der Waals surface area (Å²) < 4.78 is 24.9. The quantitative estimate of drug-likeness (QED) is 0.874. The van der Waals surface area contributed by atoms with Crippen LogP contribution >= 0.6 is 0 Å². The Balaban J connectivity index is 2.39.